The molecule has 1 atom stereocenters. The molecule has 3 nitrogen and oxygen atoms in total. The quantitative estimate of drug-likeness (QED) is 0.791. The van der Waals surface area contributed by atoms with Crippen LogP contribution in [-0.4, -0.2) is 12.5 Å². The number of carbonyl (C=O) groups excluding carboxylic acids is 1. The summed E-state index contributed by atoms with van der Waals surface area (Å²) in [4.78, 5) is 11.7. The number of nitrogens with one attached hydrogen (secondary N) is 1. The Morgan fingerprint density at radius 1 is 1.05 bits per heavy atom. The van der Waals surface area contributed by atoms with Crippen LogP contribution >= 0.6 is 0 Å². The van der Waals surface area contributed by atoms with Crippen LogP contribution in [0.25, 0.3) is 0 Å². The summed E-state index contributed by atoms with van der Waals surface area (Å²) >= 11 is 0. The molecule has 0 aliphatic rings. The Balaban J connectivity index is 1.65. The summed E-state index contributed by atoms with van der Waals surface area (Å²) in [5.41, 5.74) is 2.23. The van der Waals surface area contributed by atoms with E-state index < -0.39 is 0 Å². The summed E-state index contributed by atoms with van der Waals surface area (Å²) in [5.74, 6) is -0.174. The maximum atomic E-state index is 11.7. The number of hydrogen-bond donors (Lipinski definition) is 1. The first-order chi connectivity index (χ1) is 10.3. The van der Waals surface area contributed by atoms with Crippen molar-refractivity contribution in [3.63, 3.8) is 0 Å². The second kappa shape index (κ2) is 8.22. The molecule has 2 aromatic carbocycles. The van der Waals surface area contributed by atoms with Crippen LogP contribution in [0.3, 0.4) is 0 Å². The molecule has 1 unspecified atom stereocenters. The van der Waals surface area contributed by atoms with Crippen molar-refractivity contribution in [3.05, 3.63) is 71.8 Å². The van der Waals surface area contributed by atoms with Gasteiger partial charge in [-0.05, 0) is 18.1 Å². The zero-order valence-corrected chi connectivity index (χ0v) is 12.3. The Labute approximate surface area is 126 Å². The molecule has 110 valence electrons. The molecule has 0 fully saturated rings. The third-order valence-electron chi connectivity index (χ3n) is 3.32. The molecule has 0 saturated carbocycles. The van der Waals surface area contributed by atoms with Gasteiger partial charge in [-0.2, -0.15) is 0 Å². The van der Waals surface area contributed by atoms with Crippen LogP contribution in [0.15, 0.2) is 60.7 Å². The molecule has 0 amide bonds. The van der Waals surface area contributed by atoms with Crippen LogP contribution in [0.4, 0.5) is 0 Å². The molecule has 1 N–H and O–H groups in total. The fraction of sp³-hybridized carbons (Fsp3) is 0.278. The number of ether oxygens (including phenoxy) is 1. The first kappa shape index (κ1) is 15.3. The van der Waals surface area contributed by atoms with Gasteiger partial charge in [0.25, 0.3) is 0 Å². The Kier molecular flexibility index (Phi) is 5.98. The zero-order chi connectivity index (χ0) is 14.9. The summed E-state index contributed by atoms with van der Waals surface area (Å²) in [7, 11) is 0. The largest absolute Gasteiger partial charge is 0.461 e. The van der Waals surface area contributed by atoms with Gasteiger partial charge in [0.2, 0.25) is 0 Å². The van der Waals surface area contributed by atoms with E-state index in [-0.39, 0.29) is 12.0 Å². The minimum atomic E-state index is -0.174. The van der Waals surface area contributed by atoms with Crippen molar-refractivity contribution < 1.29 is 9.53 Å². The fourth-order valence-electron chi connectivity index (χ4n) is 2.06. The molecular weight excluding hydrogens is 262 g/mol. The highest BCUT2D eigenvalue weighted by Gasteiger charge is 2.06. The van der Waals surface area contributed by atoms with Crippen LogP contribution in [-0.2, 0) is 16.1 Å². The third-order valence-corrected chi connectivity index (χ3v) is 3.32. The average molecular weight is 283 g/mol. The zero-order valence-electron chi connectivity index (χ0n) is 12.3. The molecule has 0 aliphatic heterocycles. The normalized spacial score (nSPS) is 11.9. The van der Waals surface area contributed by atoms with Gasteiger partial charge in [0.15, 0.2) is 0 Å². The monoisotopic (exact) mass is 283 g/mol. The summed E-state index contributed by atoms with van der Waals surface area (Å²) in [6.07, 6.45) is 0.379. The lowest BCUT2D eigenvalue weighted by Gasteiger charge is -2.13. The molecule has 21 heavy (non-hydrogen) atoms. The van der Waals surface area contributed by atoms with Gasteiger partial charge in [0.05, 0.1) is 6.42 Å². The highest BCUT2D eigenvalue weighted by Crippen LogP contribution is 2.10. The van der Waals surface area contributed by atoms with Gasteiger partial charge < -0.3 is 10.1 Å². The lowest BCUT2D eigenvalue weighted by Crippen LogP contribution is -2.22. The summed E-state index contributed by atoms with van der Waals surface area (Å²) in [6.45, 7) is 3.04. The molecule has 0 spiro atoms. The molecule has 3 heteroatoms. The number of hydrogen-bond acceptors (Lipinski definition) is 3. The number of rotatable bonds is 7. The lowest BCUT2D eigenvalue weighted by atomic mass is 10.1. The van der Waals surface area contributed by atoms with Crippen molar-refractivity contribution in [3.8, 4) is 0 Å². The van der Waals surface area contributed by atoms with Crippen LogP contribution in [0, 0.1) is 0 Å². The molecule has 0 heterocycles. The standard InChI is InChI=1S/C18H21NO2/c1-15(17-10-6-3-7-11-17)19-13-12-18(20)21-14-16-8-4-2-5-9-16/h2-11,15,19H,12-14H2,1H3. The van der Waals surface area contributed by atoms with Crippen molar-refractivity contribution >= 4 is 5.97 Å². The second-order valence-corrected chi connectivity index (χ2v) is 4.98. The molecule has 0 bridgehead atoms. The van der Waals surface area contributed by atoms with Crippen LogP contribution in [0.2, 0.25) is 0 Å². The van der Waals surface area contributed by atoms with Gasteiger partial charge in [-0.3, -0.25) is 4.79 Å². The van der Waals surface area contributed by atoms with E-state index in [9.17, 15) is 4.79 Å². The van der Waals surface area contributed by atoms with Gasteiger partial charge in [0, 0.05) is 12.6 Å². The first-order valence-electron chi connectivity index (χ1n) is 7.23. The molecule has 0 aromatic heterocycles. The van der Waals surface area contributed by atoms with Gasteiger partial charge >= 0.3 is 5.97 Å². The molecule has 0 radical (unpaired) electrons. The fourth-order valence-corrected chi connectivity index (χ4v) is 2.06. The highest BCUT2D eigenvalue weighted by molar-refractivity contribution is 5.69. The number of esters is 1. The smallest absolute Gasteiger partial charge is 0.307 e. The average Bonchev–Trinajstić information content (AvgIpc) is 2.54. The van der Waals surface area contributed by atoms with Crippen LogP contribution < -0.4 is 5.32 Å². The number of carbonyl (C=O) groups is 1. The molecule has 0 saturated heterocycles. The lowest BCUT2D eigenvalue weighted by molar-refractivity contribution is -0.144. The van der Waals surface area contributed by atoms with Crippen molar-refractivity contribution in [1.29, 1.82) is 0 Å². The van der Waals surface area contributed by atoms with Gasteiger partial charge in [-0.15, -0.1) is 0 Å². The summed E-state index contributed by atoms with van der Waals surface area (Å²) in [6, 6.07) is 20.1. The Hall–Kier alpha value is -2.13. The van der Waals surface area contributed by atoms with E-state index in [1.807, 2.05) is 48.5 Å². The Morgan fingerprint density at radius 2 is 1.67 bits per heavy atom. The molecule has 2 rings (SSSR count). The first-order valence-corrected chi connectivity index (χ1v) is 7.23. The maximum Gasteiger partial charge on any atom is 0.307 e. The van der Waals surface area contributed by atoms with Gasteiger partial charge in [-0.1, -0.05) is 60.7 Å². The molecular formula is C18H21NO2. The van der Waals surface area contributed by atoms with E-state index in [1.165, 1.54) is 5.56 Å². The summed E-state index contributed by atoms with van der Waals surface area (Å²) in [5, 5.41) is 3.33. The summed E-state index contributed by atoms with van der Waals surface area (Å²) < 4.78 is 5.24. The predicted molar refractivity (Wildman–Crippen MR) is 83.7 cm³/mol. The topological polar surface area (TPSA) is 38.3 Å². The van der Waals surface area contributed by atoms with E-state index in [1.54, 1.807) is 0 Å². The predicted octanol–water partition coefficient (Wildman–Crippen LogP) is 3.47. The third kappa shape index (κ3) is 5.40. The van der Waals surface area contributed by atoms with Crippen molar-refractivity contribution in [2.75, 3.05) is 6.54 Å². The Bertz CT molecular complexity index is 540. The second-order valence-electron chi connectivity index (χ2n) is 4.98. The maximum absolute atomic E-state index is 11.7. The van der Waals surface area contributed by atoms with Crippen molar-refractivity contribution in [2.24, 2.45) is 0 Å². The van der Waals surface area contributed by atoms with Gasteiger partial charge in [0.1, 0.15) is 6.61 Å². The minimum Gasteiger partial charge on any atom is -0.461 e. The Morgan fingerprint density at radius 3 is 2.33 bits per heavy atom. The van der Waals surface area contributed by atoms with E-state index in [0.717, 1.165) is 5.56 Å². The van der Waals surface area contributed by atoms with Gasteiger partial charge in [-0.25, -0.2) is 0 Å². The van der Waals surface area contributed by atoms with E-state index in [2.05, 4.69) is 24.4 Å². The SMILES string of the molecule is CC(NCCC(=O)OCc1ccccc1)c1ccccc1. The van der Waals surface area contributed by atoms with Crippen LogP contribution in [0.5, 0.6) is 0 Å². The molecule has 0 aliphatic carbocycles. The van der Waals surface area contributed by atoms with E-state index >= 15 is 0 Å². The number of benzene rings is 2. The highest BCUT2D eigenvalue weighted by atomic mass is 16.5. The van der Waals surface area contributed by atoms with E-state index in [4.69, 9.17) is 4.74 Å². The minimum absolute atomic E-state index is 0.174. The van der Waals surface area contributed by atoms with Crippen LogP contribution in [0.1, 0.15) is 30.5 Å². The molecule has 2 aromatic rings. The van der Waals surface area contributed by atoms with Crippen molar-refractivity contribution in [1.82, 2.24) is 5.32 Å². The van der Waals surface area contributed by atoms with Crippen molar-refractivity contribution in [2.45, 2.75) is 26.0 Å². The van der Waals surface area contributed by atoms with E-state index in [0.29, 0.717) is 19.6 Å².